The summed E-state index contributed by atoms with van der Waals surface area (Å²) in [6.07, 6.45) is -3.60. The molecule has 1 heterocycles. The number of alkyl halides is 3. The molecule has 3 rings (SSSR count). The monoisotopic (exact) mass is 387 g/mol. The number of carbonyl (C=O) groups excluding carboxylic acids is 2. The van der Waals surface area contributed by atoms with Crippen LogP contribution in [0.1, 0.15) is 32.0 Å². The number of benzene rings is 1. The molecule has 1 aromatic heterocycles. The van der Waals surface area contributed by atoms with Gasteiger partial charge in [-0.1, -0.05) is 11.6 Å². The maximum Gasteiger partial charge on any atom is 0.417 e. The van der Waals surface area contributed by atoms with Crippen molar-refractivity contribution in [1.29, 1.82) is 0 Å². The van der Waals surface area contributed by atoms with Gasteiger partial charge < -0.3 is 0 Å². The van der Waals surface area contributed by atoms with Crippen LogP contribution in [-0.2, 0) is 12.6 Å². The van der Waals surface area contributed by atoms with Crippen molar-refractivity contribution < 1.29 is 31.5 Å². The Kier molecular flexibility index (Phi) is 4.39. The summed E-state index contributed by atoms with van der Waals surface area (Å²) in [6, 6.07) is 1.86. The van der Waals surface area contributed by atoms with Crippen molar-refractivity contribution in [3.05, 3.63) is 75.1 Å². The van der Waals surface area contributed by atoms with Crippen LogP contribution in [0.15, 0.2) is 36.0 Å². The first-order valence-electron chi connectivity index (χ1n) is 7.08. The van der Waals surface area contributed by atoms with E-state index < -0.39 is 46.1 Å². The normalized spacial score (nSPS) is 14.3. The number of rotatable bonds is 2. The average Bonchev–Trinajstić information content (AvgIpc) is 2.52. The largest absolute Gasteiger partial charge is 0.417 e. The highest BCUT2D eigenvalue weighted by Gasteiger charge is 2.33. The molecule has 3 nitrogen and oxygen atoms in total. The first-order valence-corrected chi connectivity index (χ1v) is 7.46. The quantitative estimate of drug-likeness (QED) is 0.709. The molecule has 1 aliphatic rings. The molecule has 0 radical (unpaired) electrons. The molecule has 1 aromatic carbocycles. The van der Waals surface area contributed by atoms with Crippen molar-refractivity contribution >= 4 is 23.2 Å². The Balaban J connectivity index is 1.97. The van der Waals surface area contributed by atoms with Gasteiger partial charge in [-0.15, -0.1) is 0 Å². The van der Waals surface area contributed by atoms with Crippen molar-refractivity contribution in [3.63, 3.8) is 0 Å². The maximum absolute atomic E-state index is 13.9. The van der Waals surface area contributed by atoms with Gasteiger partial charge in [-0.2, -0.15) is 13.2 Å². The van der Waals surface area contributed by atoms with Gasteiger partial charge in [0.2, 0.25) is 0 Å². The minimum absolute atomic E-state index is 0.0852. The first-order chi connectivity index (χ1) is 12.1. The number of ketones is 2. The van der Waals surface area contributed by atoms with Gasteiger partial charge in [0, 0.05) is 29.8 Å². The van der Waals surface area contributed by atoms with Gasteiger partial charge >= 0.3 is 6.18 Å². The van der Waals surface area contributed by atoms with Crippen LogP contribution >= 0.6 is 11.6 Å². The molecule has 0 fully saturated rings. The highest BCUT2D eigenvalue weighted by molar-refractivity contribution is 6.31. The van der Waals surface area contributed by atoms with E-state index in [2.05, 4.69) is 4.98 Å². The highest BCUT2D eigenvalue weighted by atomic mass is 35.5. The minimum Gasteiger partial charge on any atom is -0.289 e. The Morgan fingerprint density at radius 2 is 1.77 bits per heavy atom. The summed E-state index contributed by atoms with van der Waals surface area (Å²) in [7, 11) is 0. The molecule has 0 amide bonds. The van der Waals surface area contributed by atoms with Gasteiger partial charge in [0.05, 0.1) is 21.8 Å². The van der Waals surface area contributed by atoms with E-state index in [9.17, 15) is 31.5 Å². The van der Waals surface area contributed by atoms with E-state index in [1.165, 1.54) is 0 Å². The Morgan fingerprint density at radius 3 is 2.38 bits per heavy atom. The molecule has 2 aromatic rings. The van der Waals surface area contributed by atoms with E-state index in [4.69, 9.17) is 11.6 Å². The number of nitrogens with zero attached hydrogens (tertiary/aromatic N) is 1. The third-order valence-electron chi connectivity index (χ3n) is 3.75. The predicted molar refractivity (Wildman–Crippen MR) is 81.1 cm³/mol. The van der Waals surface area contributed by atoms with E-state index >= 15 is 0 Å². The lowest BCUT2D eigenvalue weighted by Gasteiger charge is -2.16. The molecule has 0 unspecified atom stereocenters. The van der Waals surface area contributed by atoms with Crippen LogP contribution in [0.3, 0.4) is 0 Å². The highest BCUT2D eigenvalue weighted by Crippen LogP contribution is 2.32. The summed E-state index contributed by atoms with van der Waals surface area (Å²) < 4.78 is 65.1. The van der Waals surface area contributed by atoms with Crippen LogP contribution in [-0.4, -0.2) is 16.6 Å². The lowest BCUT2D eigenvalue weighted by atomic mass is 9.87. The number of hydrogen-bond donors (Lipinski definition) is 0. The molecule has 0 N–H and O–H groups in total. The van der Waals surface area contributed by atoms with Gasteiger partial charge in [0.15, 0.2) is 11.6 Å². The molecule has 1 aliphatic carbocycles. The SMILES string of the molecule is O=C1C=C(Cc2ncc(C(F)(F)F)cc2Cl)C(=O)c2c(F)cc(F)cc21. The lowest BCUT2D eigenvalue weighted by Crippen LogP contribution is -2.21. The molecule has 0 saturated heterocycles. The third kappa shape index (κ3) is 3.24. The van der Waals surface area contributed by atoms with Crippen LogP contribution in [0, 0.1) is 11.6 Å². The van der Waals surface area contributed by atoms with E-state index in [1.807, 2.05) is 0 Å². The fourth-order valence-electron chi connectivity index (χ4n) is 2.52. The second-order valence-electron chi connectivity index (χ2n) is 5.50. The third-order valence-corrected chi connectivity index (χ3v) is 4.07. The molecule has 0 spiro atoms. The number of hydrogen-bond acceptors (Lipinski definition) is 3. The maximum atomic E-state index is 13.9. The number of halogens is 6. The van der Waals surface area contributed by atoms with Crippen LogP contribution in [0.4, 0.5) is 22.0 Å². The van der Waals surface area contributed by atoms with E-state index in [1.54, 1.807) is 0 Å². The fourth-order valence-corrected chi connectivity index (χ4v) is 2.76. The summed E-state index contributed by atoms with van der Waals surface area (Å²) >= 11 is 5.78. The number of pyridine rings is 1. The predicted octanol–water partition coefficient (Wildman–Crippen LogP) is 4.58. The molecule has 9 heteroatoms. The smallest absolute Gasteiger partial charge is 0.289 e. The molecule has 0 aliphatic heterocycles. The standard InChI is InChI=1S/C17H7ClF5NO2/c18-11-3-8(17(21,22)23)6-24-13(11)1-7-2-14(25)10-4-9(19)5-12(20)15(10)16(7)26/h2-6H,1H2. The van der Waals surface area contributed by atoms with Crippen LogP contribution in [0.5, 0.6) is 0 Å². The molecule has 0 atom stereocenters. The first kappa shape index (κ1) is 18.2. The van der Waals surface area contributed by atoms with Crippen LogP contribution in [0.2, 0.25) is 5.02 Å². The fraction of sp³-hybridized carbons (Fsp3) is 0.118. The summed E-state index contributed by atoms with van der Waals surface area (Å²) in [4.78, 5) is 28.0. The van der Waals surface area contributed by atoms with Gasteiger partial charge in [0.1, 0.15) is 11.6 Å². The molecular formula is C17H7ClF5NO2. The summed E-state index contributed by atoms with van der Waals surface area (Å²) in [5, 5.41) is -0.355. The summed E-state index contributed by atoms with van der Waals surface area (Å²) in [5.41, 5.74) is -2.36. The summed E-state index contributed by atoms with van der Waals surface area (Å²) in [6.45, 7) is 0. The Labute approximate surface area is 148 Å². The Morgan fingerprint density at radius 1 is 1.08 bits per heavy atom. The number of fused-ring (bicyclic) bond motifs is 1. The zero-order valence-electron chi connectivity index (χ0n) is 12.6. The number of aromatic nitrogens is 1. The van der Waals surface area contributed by atoms with Crippen molar-refractivity contribution in [1.82, 2.24) is 4.98 Å². The summed E-state index contributed by atoms with van der Waals surface area (Å²) in [5.74, 6) is -3.88. The van der Waals surface area contributed by atoms with Gasteiger partial charge in [-0.05, 0) is 18.2 Å². The lowest BCUT2D eigenvalue weighted by molar-refractivity contribution is -0.137. The zero-order valence-corrected chi connectivity index (χ0v) is 13.4. The van der Waals surface area contributed by atoms with Crippen molar-refractivity contribution in [3.8, 4) is 0 Å². The Bertz CT molecular complexity index is 982. The molecule has 26 heavy (non-hydrogen) atoms. The minimum atomic E-state index is -4.64. The zero-order chi connectivity index (χ0) is 19.2. The van der Waals surface area contributed by atoms with Gasteiger partial charge in [-0.3, -0.25) is 14.6 Å². The molecular weight excluding hydrogens is 381 g/mol. The average molecular weight is 388 g/mol. The van der Waals surface area contributed by atoms with Crippen LogP contribution < -0.4 is 0 Å². The van der Waals surface area contributed by atoms with E-state index in [0.29, 0.717) is 18.3 Å². The second kappa shape index (κ2) is 6.28. The van der Waals surface area contributed by atoms with E-state index in [-0.39, 0.29) is 22.7 Å². The topological polar surface area (TPSA) is 47.0 Å². The molecule has 0 saturated carbocycles. The van der Waals surface area contributed by atoms with Crippen molar-refractivity contribution in [2.24, 2.45) is 0 Å². The number of allylic oxidation sites excluding steroid dienone is 2. The van der Waals surface area contributed by atoms with Crippen LogP contribution in [0.25, 0.3) is 0 Å². The molecule has 134 valence electrons. The number of Topliss-reactive ketones (excluding diaryl/α,β-unsaturated/α-hetero) is 1. The van der Waals surface area contributed by atoms with Crippen molar-refractivity contribution in [2.75, 3.05) is 0 Å². The molecule has 0 bridgehead atoms. The van der Waals surface area contributed by atoms with Crippen molar-refractivity contribution in [2.45, 2.75) is 12.6 Å². The number of carbonyl (C=O) groups is 2. The Hall–Kier alpha value is -2.61. The van der Waals surface area contributed by atoms with E-state index in [0.717, 1.165) is 12.1 Å². The van der Waals surface area contributed by atoms with Gasteiger partial charge in [0.25, 0.3) is 0 Å². The van der Waals surface area contributed by atoms with Gasteiger partial charge in [-0.25, -0.2) is 8.78 Å². The second-order valence-corrected chi connectivity index (χ2v) is 5.91.